The lowest BCUT2D eigenvalue weighted by atomic mass is 10.0. The van der Waals surface area contributed by atoms with Crippen molar-refractivity contribution < 1.29 is 9.53 Å². The van der Waals surface area contributed by atoms with Gasteiger partial charge >= 0.3 is 6.03 Å². The van der Waals surface area contributed by atoms with Crippen LogP contribution in [0.3, 0.4) is 0 Å². The molecule has 1 aromatic heterocycles. The summed E-state index contributed by atoms with van der Waals surface area (Å²) >= 11 is 0. The number of likely N-dealkylation sites (N-methyl/N-ethyl adjacent to an activating group) is 1. The number of aromatic nitrogens is 1. The van der Waals surface area contributed by atoms with Crippen molar-refractivity contribution in [2.24, 2.45) is 0 Å². The van der Waals surface area contributed by atoms with Gasteiger partial charge < -0.3 is 20.3 Å². The molecule has 142 valence electrons. The maximum atomic E-state index is 12.6. The van der Waals surface area contributed by atoms with Gasteiger partial charge in [0.1, 0.15) is 18.0 Å². The molecule has 0 saturated heterocycles. The monoisotopic (exact) mass is 374 g/mol. The number of amides is 2. The van der Waals surface area contributed by atoms with E-state index in [2.05, 4.69) is 20.5 Å². The Morgan fingerprint density at radius 1 is 1.11 bits per heavy atom. The molecule has 28 heavy (non-hydrogen) atoms. The number of ether oxygens (including phenoxy) is 1. The lowest BCUT2D eigenvalue weighted by Gasteiger charge is -2.29. The Kier molecular flexibility index (Phi) is 4.85. The van der Waals surface area contributed by atoms with Crippen molar-refractivity contribution in [3.63, 3.8) is 0 Å². The van der Waals surface area contributed by atoms with Crippen molar-refractivity contribution in [2.45, 2.75) is 6.92 Å². The first-order valence-electron chi connectivity index (χ1n) is 9.18. The second-order valence-electron chi connectivity index (χ2n) is 6.77. The van der Waals surface area contributed by atoms with Crippen LogP contribution in [0.15, 0.2) is 60.9 Å². The van der Waals surface area contributed by atoms with E-state index >= 15 is 0 Å². The highest BCUT2D eigenvalue weighted by atomic mass is 16.5. The van der Waals surface area contributed by atoms with E-state index in [1.54, 1.807) is 12.4 Å². The van der Waals surface area contributed by atoms with Gasteiger partial charge in [-0.1, -0.05) is 12.1 Å². The number of hydrogen-bond donors (Lipinski definition) is 2. The molecule has 0 aliphatic carbocycles. The number of carbonyl (C=O) groups is 1. The number of benzene rings is 2. The van der Waals surface area contributed by atoms with Gasteiger partial charge in [0, 0.05) is 25.1 Å². The molecule has 6 nitrogen and oxygen atoms in total. The average Bonchev–Trinajstić information content (AvgIpc) is 2.69. The number of anilines is 3. The summed E-state index contributed by atoms with van der Waals surface area (Å²) in [5.41, 5.74) is 5.65. The highest BCUT2D eigenvalue weighted by Crippen LogP contribution is 2.37. The third-order valence-corrected chi connectivity index (χ3v) is 4.79. The van der Waals surface area contributed by atoms with E-state index in [1.165, 1.54) is 0 Å². The van der Waals surface area contributed by atoms with Gasteiger partial charge in [-0.25, -0.2) is 4.79 Å². The minimum Gasteiger partial charge on any atom is -0.489 e. The molecule has 4 rings (SSSR count). The summed E-state index contributed by atoms with van der Waals surface area (Å²) in [7, 11) is 1.99. The molecule has 0 unspecified atom stereocenters. The zero-order chi connectivity index (χ0) is 19.5. The zero-order valence-corrected chi connectivity index (χ0v) is 15.9. The second kappa shape index (κ2) is 7.60. The Labute approximate surface area is 164 Å². The van der Waals surface area contributed by atoms with Gasteiger partial charge in [-0.05, 0) is 60.0 Å². The largest absolute Gasteiger partial charge is 0.489 e. The molecule has 1 aliphatic rings. The van der Waals surface area contributed by atoms with E-state index in [0.717, 1.165) is 46.0 Å². The number of pyridine rings is 1. The fraction of sp³-hybridized carbons (Fsp3) is 0.182. The summed E-state index contributed by atoms with van der Waals surface area (Å²) in [6.07, 6.45) is 3.55. The van der Waals surface area contributed by atoms with Gasteiger partial charge in [-0.3, -0.25) is 4.98 Å². The zero-order valence-electron chi connectivity index (χ0n) is 15.9. The summed E-state index contributed by atoms with van der Waals surface area (Å²) in [5, 5.41) is 5.84. The normalized spacial score (nSPS) is 12.7. The number of urea groups is 1. The smallest absolute Gasteiger partial charge is 0.323 e. The predicted molar refractivity (Wildman–Crippen MR) is 112 cm³/mol. The molecule has 2 heterocycles. The minimum atomic E-state index is -0.288. The highest BCUT2D eigenvalue weighted by molar-refractivity contribution is 6.02. The standard InChI is InChI=1S/C22H22N4O2/c1-15-14-17(6-7-18(15)16-8-10-23-11-9-16)24-22(27)25-19-4-3-5-20-21(19)26(2)12-13-28-20/h3-11,14H,12-13H2,1-2H3,(H2,24,25,27). The van der Waals surface area contributed by atoms with Gasteiger partial charge in [-0.2, -0.15) is 0 Å². The summed E-state index contributed by atoms with van der Waals surface area (Å²) in [6, 6.07) is 15.2. The molecule has 0 bridgehead atoms. The summed E-state index contributed by atoms with van der Waals surface area (Å²) in [4.78, 5) is 18.7. The van der Waals surface area contributed by atoms with Crippen LogP contribution in [0, 0.1) is 6.92 Å². The second-order valence-corrected chi connectivity index (χ2v) is 6.77. The number of nitrogens with one attached hydrogen (secondary N) is 2. The van der Waals surface area contributed by atoms with E-state index < -0.39 is 0 Å². The van der Waals surface area contributed by atoms with Crippen LogP contribution in [0.25, 0.3) is 11.1 Å². The molecule has 0 saturated carbocycles. The lowest BCUT2D eigenvalue weighted by Crippen LogP contribution is -2.30. The van der Waals surface area contributed by atoms with Crippen molar-refractivity contribution >= 4 is 23.1 Å². The number of nitrogens with zero attached hydrogens (tertiary/aromatic N) is 2. The van der Waals surface area contributed by atoms with Crippen molar-refractivity contribution in [2.75, 3.05) is 35.7 Å². The summed E-state index contributed by atoms with van der Waals surface area (Å²) in [5.74, 6) is 0.782. The molecule has 0 fully saturated rings. The molecular weight excluding hydrogens is 352 g/mol. The molecule has 6 heteroatoms. The minimum absolute atomic E-state index is 0.288. The predicted octanol–water partition coefficient (Wildman–Crippen LogP) is 4.53. The Morgan fingerprint density at radius 3 is 2.71 bits per heavy atom. The maximum absolute atomic E-state index is 12.6. The number of aryl methyl sites for hydroxylation is 1. The van der Waals surface area contributed by atoms with Crippen molar-refractivity contribution in [1.82, 2.24) is 4.98 Å². The topological polar surface area (TPSA) is 66.5 Å². The maximum Gasteiger partial charge on any atom is 0.323 e. The Bertz CT molecular complexity index is 1000. The summed E-state index contributed by atoms with van der Waals surface area (Å²) < 4.78 is 5.69. The fourth-order valence-corrected chi connectivity index (χ4v) is 3.42. The molecule has 0 spiro atoms. The van der Waals surface area contributed by atoms with Gasteiger partial charge in [-0.15, -0.1) is 0 Å². The third-order valence-electron chi connectivity index (χ3n) is 4.79. The van der Waals surface area contributed by atoms with E-state index in [0.29, 0.717) is 6.61 Å². The first kappa shape index (κ1) is 17.9. The Hall–Kier alpha value is -3.54. The molecule has 2 N–H and O–H groups in total. The number of fused-ring (bicyclic) bond motifs is 1. The first-order valence-corrected chi connectivity index (χ1v) is 9.18. The third kappa shape index (κ3) is 3.62. The molecule has 3 aromatic rings. The van der Waals surface area contributed by atoms with Gasteiger partial charge in [0.15, 0.2) is 0 Å². The quantitative estimate of drug-likeness (QED) is 0.707. The molecule has 0 atom stereocenters. The van der Waals surface area contributed by atoms with Crippen molar-refractivity contribution in [1.29, 1.82) is 0 Å². The van der Waals surface area contributed by atoms with E-state index in [-0.39, 0.29) is 6.03 Å². The van der Waals surface area contributed by atoms with E-state index in [1.807, 2.05) is 62.5 Å². The number of hydrogen-bond acceptors (Lipinski definition) is 4. The van der Waals surface area contributed by atoms with E-state index in [9.17, 15) is 4.79 Å². The van der Waals surface area contributed by atoms with E-state index in [4.69, 9.17) is 4.74 Å². The summed E-state index contributed by atoms with van der Waals surface area (Å²) in [6.45, 7) is 3.45. The van der Waals surface area contributed by atoms with Crippen molar-refractivity contribution in [3.8, 4) is 16.9 Å². The Morgan fingerprint density at radius 2 is 1.93 bits per heavy atom. The average molecular weight is 374 g/mol. The molecule has 0 radical (unpaired) electrons. The van der Waals surface area contributed by atoms with Crippen LogP contribution in [-0.2, 0) is 0 Å². The van der Waals surface area contributed by atoms with Crippen LogP contribution in [0.4, 0.5) is 21.9 Å². The molecule has 1 aliphatic heterocycles. The van der Waals surface area contributed by atoms with Crippen LogP contribution in [0.2, 0.25) is 0 Å². The van der Waals surface area contributed by atoms with Crippen LogP contribution in [0.1, 0.15) is 5.56 Å². The molecule has 2 aromatic carbocycles. The van der Waals surface area contributed by atoms with Gasteiger partial charge in [0.05, 0.1) is 12.2 Å². The van der Waals surface area contributed by atoms with Crippen molar-refractivity contribution in [3.05, 3.63) is 66.5 Å². The SMILES string of the molecule is Cc1cc(NC(=O)Nc2cccc3c2N(C)CCO3)ccc1-c1ccncc1. The Balaban J connectivity index is 1.50. The van der Waals surface area contributed by atoms with Crippen LogP contribution in [0.5, 0.6) is 5.75 Å². The van der Waals surface area contributed by atoms with Gasteiger partial charge in [0.25, 0.3) is 0 Å². The molecule has 2 amide bonds. The number of para-hydroxylation sites is 1. The lowest BCUT2D eigenvalue weighted by molar-refractivity contribution is 0.262. The number of rotatable bonds is 3. The van der Waals surface area contributed by atoms with Crippen LogP contribution in [-0.4, -0.2) is 31.2 Å². The highest BCUT2D eigenvalue weighted by Gasteiger charge is 2.19. The fourth-order valence-electron chi connectivity index (χ4n) is 3.42. The van der Waals surface area contributed by atoms with Crippen LogP contribution >= 0.6 is 0 Å². The van der Waals surface area contributed by atoms with Crippen LogP contribution < -0.4 is 20.3 Å². The number of carbonyl (C=O) groups excluding carboxylic acids is 1. The van der Waals surface area contributed by atoms with Gasteiger partial charge in [0.2, 0.25) is 0 Å². The first-order chi connectivity index (χ1) is 13.6. The molecular formula is C22H22N4O2.